The Bertz CT molecular complexity index is 1280. The van der Waals surface area contributed by atoms with Gasteiger partial charge < -0.3 is 15.5 Å². The van der Waals surface area contributed by atoms with E-state index in [0.29, 0.717) is 28.9 Å². The molecule has 1 aliphatic heterocycles. The molecule has 2 N–H and O–H groups in total. The fraction of sp³-hybridized carbons (Fsp3) is 0.417. The Morgan fingerprint density at radius 2 is 1.72 bits per heavy atom. The zero-order valence-electron chi connectivity index (χ0n) is 19.2. The molecule has 4 heterocycles. The number of alkyl halides is 3. The second-order valence-electron chi connectivity index (χ2n) is 9.47. The van der Waals surface area contributed by atoms with Crippen molar-refractivity contribution >= 4 is 23.4 Å². The molecular formula is C24H23F3N8O. The van der Waals surface area contributed by atoms with Crippen LogP contribution in [0.1, 0.15) is 65.5 Å². The van der Waals surface area contributed by atoms with Crippen molar-refractivity contribution in [2.75, 3.05) is 15.5 Å². The van der Waals surface area contributed by atoms with Crippen molar-refractivity contribution in [2.45, 2.75) is 62.8 Å². The van der Waals surface area contributed by atoms with Crippen LogP contribution in [0.3, 0.4) is 0 Å². The van der Waals surface area contributed by atoms with Crippen molar-refractivity contribution < 1.29 is 18.0 Å². The lowest BCUT2D eigenvalue weighted by Crippen LogP contribution is -2.24. The van der Waals surface area contributed by atoms with Crippen LogP contribution in [0.2, 0.25) is 0 Å². The highest BCUT2D eigenvalue weighted by atomic mass is 19.4. The molecule has 0 spiro atoms. The molecule has 2 saturated carbocycles. The van der Waals surface area contributed by atoms with E-state index in [9.17, 15) is 18.0 Å². The van der Waals surface area contributed by atoms with Crippen LogP contribution in [0, 0.1) is 0 Å². The molecule has 3 aliphatic rings. The van der Waals surface area contributed by atoms with E-state index in [1.165, 1.54) is 11.0 Å². The first-order valence-electron chi connectivity index (χ1n) is 11.9. The van der Waals surface area contributed by atoms with Gasteiger partial charge >= 0.3 is 6.18 Å². The first-order valence-corrected chi connectivity index (χ1v) is 11.9. The smallest absolute Gasteiger partial charge is 0.367 e. The molecule has 12 heteroatoms. The Labute approximate surface area is 204 Å². The SMILES string of the molecule is O=C1c2nc(C(F)(F)F)ccc2CN1c1ccc(N[C@H]2CC[C@H](Nc3ncc(C4CC4)nn3)C2)nc1. The lowest BCUT2D eigenvalue weighted by atomic mass is 10.2. The number of amides is 1. The van der Waals surface area contributed by atoms with E-state index >= 15 is 0 Å². The highest BCUT2D eigenvalue weighted by molar-refractivity contribution is 6.08. The Morgan fingerprint density at radius 1 is 0.917 bits per heavy atom. The molecule has 3 aromatic heterocycles. The number of hydrogen-bond acceptors (Lipinski definition) is 8. The molecule has 0 radical (unpaired) electrons. The van der Waals surface area contributed by atoms with Gasteiger partial charge in [0.15, 0.2) is 0 Å². The van der Waals surface area contributed by atoms with Crippen molar-refractivity contribution in [1.82, 2.24) is 25.1 Å². The summed E-state index contributed by atoms with van der Waals surface area (Å²) in [6, 6.07) is 6.14. The van der Waals surface area contributed by atoms with Crippen molar-refractivity contribution in [3.8, 4) is 0 Å². The number of fused-ring (bicyclic) bond motifs is 1. The zero-order chi connectivity index (χ0) is 24.9. The zero-order valence-corrected chi connectivity index (χ0v) is 19.2. The van der Waals surface area contributed by atoms with Crippen molar-refractivity contribution in [3.05, 3.63) is 59.3 Å². The summed E-state index contributed by atoms with van der Waals surface area (Å²) in [6.45, 7) is 0.155. The quantitative estimate of drug-likeness (QED) is 0.524. The first-order chi connectivity index (χ1) is 17.3. The van der Waals surface area contributed by atoms with Crippen LogP contribution < -0.4 is 15.5 Å². The van der Waals surface area contributed by atoms with Crippen LogP contribution >= 0.6 is 0 Å². The fourth-order valence-electron chi connectivity index (χ4n) is 4.72. The largest absolute Gasteiger partial charge is 0.433 e. The molecule has 3 aromatic rings. The molecular weight excluding hydrogens is 473 g/mol. The molecule has 2 atom stereocenters. The standard InChI is InChI=1S/C24H23F3N8O/c25-24(26,27)19-7-3-14-12-35(22(36)21(14)32-19)17-6-8-20(28-10-17)30-15-4-5-16(9-15)31-23-29-11-18(33-34-23)13-1-2-13/h3,6-8,10-11,13,15-16H,1-2,4-5,9,12H2,(H,28,30)(H,29,31,34)/t15-,16-/m0/s1. The Hall–Kier alpha value is -3.83. The molecule has 6 rings (SSSR count). The number of nitrogens with zero attached hydrogens (tertiary/aromatic N) is 6. The number of rotatable bonds is 6. The van der Waals surface area contributed by atoms with Gasteiger partial charge in [0, 0.05) is 23.6 Å². The Morgan fingerprint density at radius 3 is 2.39 bits per heavy atom. The van der Waals surface area contributed by atoms with Crippen LogP contribution in [-0.4, -0.2) is 43.1 Å². The van der Waals surface area contributed by atoms with Crippen LogP contribution in [0.5, 0.6) is 0 Å². The topological polar surface area (TPSA) is 109 Å². The maximum atomic E-state index is 13.0. The molecule has 0 bridgehead atoms. The summed E-state index contributed by atoms with van der Waals surface area (Å²) in [4.78, 5) is 26.5. The van der Waals surface area contributed by atoms with Gasteiger partial charge in [0.05, 0.1) is 30.3 Å². The highest BCUT2D eigenvalue weighted by Gasteiger charge is 2.37. The van der Waals surface area contributed by atoms with Crippen LogP contribution in [0.25, 0.3) is 0 Å². The molecule has 2 aliphatic carbocycles. The molecule has 2 fully saturated rings. The molecule has 0 aromatic carbocycles. The average Bonchev–Trinajstić information content (AvgIpc) is 3.54. The lowest BCUT2D eigenvalue weighted by molar-refractivity contribution is -0.141. The molecule has 36 heavy (non-hydrogen) atoms. The predicted octanol–water partition coefficient (Wildman–Crippen LogP) is 4.16. The summed E-state index contributed by atoms with van der Waals surface area (Å²) in [6.07, 6.45) is 3.84. The number of aromatic nitrogens is 5. The van der Waals surface area contributed by atoms with Gasteiger partial charge in [-0.3, -0.25) is 4.79 Å². The molecule has 186 valence electrons. The average molecular weight is 496 g/mol. The second-order valence-corrected chi connectivity index (χ2v) is 9.47. The Balaban J connectivity index is 1.05. The summed E-state index contributed by atoms with van der Waals surface area (Å²) < 4.78 is 38.9. The minimum Gasteiger partial charge on any atom is -0.367 e. The molecule has 9 nitrogen and oxygen atoms in total. The van der Waals surface area contributed by atoms with E-state index in [1.54, 1.807) is 24.5 Å². The van der Waals surface area contributed by atoms with Gasteiger partial charge in [0.2, 0.25) is 5.95 Å². The van der Waals surface area contributed by atoms with Crippen molar-refractivity contribution in [1.29, 1.82) is 0 Å². The van der Waals surface area contributed by atoms with E-state index in [0.717, 1.165) is 43.9 Å². The van der Waals surface area contributed by atoms with Gasteiger partial charge in [-0.2, -0.15) is 13.2 Å². The van der Waals surface area contributed by atoms with Crippen LogP contribution in [0.4, 0.5) is 30.6 Å². The summed E-state index contributed by atoms with van der Waals surface area (Å²) in [5.41, 5.74) is 0.681. The number of pyridine rings is 2. The Kier molecular flexibility index (Phi) is 5.45. The monoisotopic (exact) mass is 496 g/mol. The normalized spacial score (nSPS) is 21.5. The summed E-state index contributed by atoms with van der Waals surface area (Å²) >= 11 is 0. The van der Waals surface area contributed by atoms with E-state index in [1.807, 2.05) is 0 Å². The van der Waals surface area contributed by atoms with Crippen molar-refractivity contribution in [2.24, 2.45) is 0 Å². The van der Waals surface area contributed by atoms with Gasteiger partial charge in [-0.25, -0.2) is 15.0 Å². The number of halogens is 3. The number of carbonyl (C=O) groups excluding carboxylic acids is 1. The summed E-state index contributed by atoms with van der Waals surface area (Å²) in [7, 11) is 0. The van der Waals surface area contributed by atoms with E-state index in [2.05, 4.69) is 35.8 Å². The molecule has 0 unspecified atom stereocenters. The third-order valence-corrected chi connectivity index (χ3v) is 6.80. The minimum absolute atomic E-state index is 0.155. The number of hydrogen-bond donors (Lipinski definition) is 2. The third kappa shape index (κ3) is 4.54. The third-order valence-electron chi connectivity index (χ3n) is 6.80. The number of carbonyl (C=O) groups is 1. The van der Waals surface area contributed by atoms with E-state index in [-0.39, 0.29) is 24.3 Å². The summed E-state index contributed by atoms with van der Waals surface area (Å²) in [5.74, 6) is 1.17. The van der Waals surface area contributed by atoms with E-state index in [4.69, 9.17) is 0 Å². The maximum Gasteiger partial charge on any atom is 0.433 e. The minimum atomic E-state index is -4.60. The maximum absolute atomic E-state index is 13.0. The number of nitrogens with one attached hydrogen (secondary N) is 2. The second kappa shape index (κ2) is 8.68. The van der Waals surface area contributed by atoms with E-state index < -0.39 is 17.8 Å². The van der Waals surface area contributed by atoms with Gasteiger partial charge in [-0.05, 0) is 50.3 Å². The molecule has 1 amide bonds. The van der Waals surface area contributed by atoms with Crippen molar-refractivity contribution in [3.63, 3.8) is 0 Å². The van der Waals surface area contributed by atoms with Gasteiger partial charge in [0.25, 0.3) is 5.91 Å². The molecule has 0 saturated heterocycles. The first kappa shape index (κ1) is 22.6. The van der Waals surface area contributed by atoms with Gasteiger partial charge in [-0.1, -0.05) is 6.07 Å². The number of anilines is 3. The van der Waals surface area contributed by atoms with Crippen LogP contribution in [-0.2, 0) is 12.7 Å². The predicted molar refractivity (Wildman–Crippen MR) is 124 cm³/mol. The summed E-state index contributed by atoms with van der Waals surface area (Å²) in [5, 5.41) is 15.2. The fourth-order valence-corrected chi connectivity index (χ4v) is 4.72. The van der Waals surface area contributed by atoms with Gasteiger partial charge in [-0.15, -0.1) is 10.2 Å². The highest BCUT2D eigenvalue weighted by Crippen LogP contribution is 2.38. The van der Waals surface area contributed by atoms with Gasteiger partial charge in [0.1, 0.15) is 17.2 Å². The van der Waals surface area contributed by atoms with Crippen LogP contribution in [0.15, 0.2) is 36.7 Å². The lowest BCUT2D eigenvalue weighted by Gasteiger charge is -2.17.